The predicted octanol–water partition coefficient (Wildman–Crippen LogP) is 2.62. The quantitative estimate of drug-likeness (QED) is 0.579. The van der Waals surface area contributed by atoms with Crippen LogP contribution < -0.4 is 4.74 Å². The molecule has 1 aromatic rings. The third-order valence-electron chi connectivity index (χ3n) is 1.39. The van der Waals surface area contributed by atoms with Crippen LogP contribution in [0.5, 0.6) is 5.75 Å². The summed E-state index contributed by atoms with van der Waals surface area (Å²) < 4.78 is 6.09. The van der Waals surface area contributed by atoms with Crippen molar-refractivity contribution < 1.29 is 4.74 Å². The highest BCUT2D eigenvalue weighted by molar-refractivity contribution is 9.10. The van der Waals surface area contributed by atoms with Gasteiger partial charge in [-0.05, 0) is 28.1 Å². The minimum absolute atomic E-state index is 0.870. The topological polar surface area (TPSA) is 9.23 Å². The molecule has 1 nitrogen and oxygen atoms in total. The lowest BCUT2D eigenvalue weighted by Crippen LogP contribution is -1.77. The molecule has 0 aromatic heterocycles. The number of fused-ring (bicyclic) bond motifs is 1. The van der Waals surface area contributed by atoms with E-state index in [0.717, 1.165) is 15.8 Å². The molecule has 0 fully saturated rings. The molecule has 0 amide bonds. The standard InChI is InChI=1S/C8H4BrO/c9-7-2-1-3-8-6(7)4-5-10-8/h1-4H/q+1. The molecule has 1 aliphatic heterocycles. The Morgan fingerprint density at radius 2 is 2.30 bits per heavy atom. The third-order valence-corrected chi connectivity index (χ3v) is 2.08. The Morgan fingerprint density at radius 3 is 3.10 bits per heavy atom. The molecule has 0 atom stereocenters. The number of hydrogen-bond acceptors (Lipinski definition) is 1. The van der Waals surface area contributed by atoms with Crippen molar-refractivity contribution >= 4 is 22.0 Å². The van der Waals surface area contributed by atoms with E-state index in [1.54, 1.807) is 0 Å². The molecule has 0 saturated carbocycles. The molecule has 0 unspecified atom stereocenters. The Hall–Kier alpha value is -0.850. The van der Waals surface area contributed by atoms with Crippen molar-refractivity contribution in [1.29, 1.82) is 0 Å². The third kappa shape index (κ3) is 0.737. The molecule has 1 heterocycles. The van der Waals surface area contributed by atoms with E-state index in [4.69, 9.17) is 4.74 Å². The first-order chi connectivity index (χ1) is 4.88. The van der Waals surface area contributed by atoms with E-state index in [1.807, 2.05) is 24.3 Å². The molecular formula is C8H4BrO+. The van der Waals surface area contributed by atoms with Crippen molar-refractivity contribution in [3.05, 3.63) is 34.5 Å². The largest absolute Gasteiger partial charge is 0.300 e. The van der Waals surface area contributed by atoms with Crippen LogP contribution in [0.25, 0.3) is 6.08 Å². The SMILES string of the molecule is Brc1cccc2c1C=[C+]O2. The van der Waals surface area contributed by atoms with Crippen LogP contribution >= 0.6 is 15.9 Å². The number of ether oxygens (including phenoxy) is 1. The van der Waals surface area contributed by atoms with Gasteiger partial charge in [-0.3, -0.25) is 4.74 Å². The fourth-order valence-corrected chi connectivity index (χ4v) is 1.36. The van der Waals surface area contributed by atoms with Crippen LogP contribution in [-0.4, -0.2) is 0 Å². The van der Waals surface area contributed by atoms with Gasteiger partial charge in [0.15, 0.2) is 11.6 Å². The highest BCUT2D eigenvalue weighted by Gasteiger charge is 2.21. The van der Waals surface area contributed by atoms with E-state index in [0.29, 0.717) is 0 Å². The molecule has 2 rings (SSSR count). The molecule has 48 valence electrons. The van der Waals surface area contributed by atoms with Gasteiger partial charge in [0.05, 0.1) is 10.5 Å². The van der Waals surface area contributed by atoms with Crippen molar-refractivity contribution in [3.8, 4) is 5.75 Å². The molecule has 0 radical (unpaired) electrons. The van der Waals surface area contributed by atoms with Crippen molar-refractivity contribution in [1.82, 2.24) is 0 Å². The Morgan fingerprint density at radius 1 is 1.40 bits per heavy atom. The number of halogens is 1. The molecule has 0 N–H and O–H groups in total. The summed E-state index contributed by atoms with van der Waals surface area (Å²) in [4.78, 5) is 0. The summed E-state index contributed by atoms with van der Waals surface area (Å²) in [6.07, 6.45) is 4.49. The van der Waals surface area contributed by atoms with Crippen LogP contribution in [0.15, 0.2) is 22.7 Å². The maximum absolute atomic E-state index is 5.04. The zero-order valence-electron chi connectivity index (χ0n) is 5.10. The highest BCUT2D eigenvalue weighted by Crippen LogP contribution is 2.31. The van der Waals surface area contributed by atoms with Gasteiger partial charge in [0.2, 0.25) is 6.26 Å². The van der Waals surface area contributed by atoms with Gasteiger partial charge in [0, 0.05) is 0 Å². The lowest BCUT2D eigenvalue weighted by atomic mass is 10.2. The second-order valence-electron chi connectivity index (χ2n) is 2.02. The summed E-state index contributed by atoms with van der Waals surface area (Å²) in [5.74, 6) is 0.870. The summed E-state index contributed by atoms with van der Waals surface area (Å²) in [5, 5.41) is 0. The minimum Gasteiger partial charge on any atom is -0.274 e. The van der Waals surface area contributed by atoms with E-state index in [9.17, 15) is 0 Å². The predicted molar refractivity (Wildman–Crippen MR) is 42.5 cm³/mol. The number of hydrogen-bond donors (Lipinski definition) is 0. The van der Waals surface area contributed by atoms with Crippen LogP contribution in [0.3, 0.4) is 0 Å². The molecule has 1 aromatic carbocycles. The van der Waals surface area contributed by atoms with Gasteiger partial charge in [-0.25, -0.2) is 0 Å². The second kappa shape index (κ2) is 2.08. The van der Waals surface area contributed by atoms with E-state index < -0.39 is 0 Å². The van der Waals surface area contributed by atoms with Crippen molar-refractivity contribution in [2.24, 2.45) is 0 Å². The second-order valence-corrected chi connectivity index (χ2v) is 2.87. The molecule has 0 aliphatic carbocycles. The first kappa shape index (κ1) is 5.90. The van der Waals surface area contributed by atoms with Crippen LogP contribution in [0.1, 0.15) is 5.56 Å². The maximum Gasteiger partial charge on any atom is 0.300 e. The lowest BCUT2D eigenvalue weighted by Gasteiger charge is -1.86. The number of benzene rings is 1. The van der Waals surface area contributed by atoms with Gasteiger partial charge in [0.1, 0.15) is 0 Å². The summed E-state index contributed by atoms with van der Waals surface area (Å²) in [7, 11) is 0. The highest BCUT2D eigenvalue weighted by atomic mass is 79.9. The number of rotatable bonds is 0. The molecule has 0 spiro atoms. The molecule has 1 aliphatic rings. The maximum atomic E-state index is 5.04. The summed E-state index contributed by atoms with van der Waals surface area (Å²) >= 11 is 3.40. The molecular weight excluding hydrogens is 192 g/mol. The Labute approximate surface area is 67.4 Å². The summed E-state index contributed by atoms with van der Waals surface area (Å²) in [6, 6.07) is 5.83. The van der Waals surface area contributed by atoms with E-state index >= 15 is 0 Å². The molecule has 0 bridgehead atoms. The molecule has 10 heavy (non-hydrogen) atoms. The average molecular weight is 196 g/mol. The van der Waals surface area contributed by atoms with E-state index in [1.165, 1.54) is 0 Å². The monoisotopic (exact) mass is 195 g/mol. The van der Waals surface area contributed by atoms with Crippen molar-refractivity contribution in [2.45, 2.75) is 0 Å². The molecule has 0 saturated heterocycles. The Bertz CT molecular complexity index is 291. The van der Waals surface area contributed by atoms with Crippen molar-refractivity contribution in [3.63, 3.8) is 0 Å². The van der Waals surface area contributed by atoms with E-state index in [2.05, 4.69) is 22.2 Å². The van der Waals surface area contributed by atoms with Gasteiger partial charge in [0.25, 0.3) is 0 Å². The van der Waals surface area contributed by atoms with Crippen LogP contribution in [0.2, 0.25) is 0 Å². The zero-order chi connectivity index (χ0) is 6.97. The van der Waals surface area contributed by atoms with Crippen LogP contribution in [0.4, 0.5) is 0 Å². The summed E-state index contributed by atoms with van der Waals surface area (Å²) in [5.41, 5.74) is 1.07. The normalized spacial score (nSPS) is 12.1. The zero-order valence-corrected chi connectivity index (χ0v) is 6.68. The van der Waals surface area contributed by atoms with Gasteiger partial charge in [-0.15, -0.1) is 0 Å². The Balaban J connectivity index is 2.67. The first-order valence-corrected chi connectivity index (χ1v) is 3.71. The minimum atomic E-state index is 0.870. The van der Waals surface area contributed by atoms with Crippen LogP contribution in [0, 0.1) is 6.26 Å². The Kier molecular flexibility index (Phi) is 1.23. The van der Waals surface area contributed by atoms with Gasteiger partial charge in [-0.1, -0.05) is 0 Å². The fraction of sp³-hybridized carbons (Fsp3) is 0. The first-order valence-electron chi connectivity index (χ1n) is 2.92. The molecule has 2 heteroatoms. The van der Waals surface area contributed by atoms with Crippen LogP contribution in [-0.2, 0) is 0 Å². The summed E-state index contributed by atoms with van der Waals surface area (Å²) in [6.45, 7) is 0. The van der Waals surface area contributed by atoms with Gasteiger partial charge in [-0.2, -0.15) is 0 Å². The lowest BCUT2D eigenvalue weighted by molar-refractivity contribution is 0.468. The van der Waals surface area contributed by atoms with Gasteiger partial charge < -0.3 is 0 Å². The average Bonchev–Trinajstić information content (AvgIpc) is 2.36. The smallest absolute Gasteiger partial charge is 0.274 e. The fourth-order valence-electron chi connectivity index (χ4n) is 0.898. The van der Waals surface area contributed by atoms with E-state index in [-0.39, 0.29) is 0 Å². The van der Waals surface area contributed by atoms with Gasteiger partial charge >= 0.3 is 5.75 Å². The van der Waals surface area contributed by atoms with Crippen molar-refractivity contribution in [2.75, 3.05) is 0 Å².